The number of aromatic nitrogens is 2. The Hall–Kier alpha value is -3.06. The quantitative estimate of drug-likeness (QED) is 0.543. The minimum Gasteiger partial charge on any atom is -0.495 e. The maximum atomic E-state index is 5.87. The van der Waals surface area contributed by atoms with Crippen LogP contribution in [-0.2, 0) is 0 Å². The van der Waals surface area contributed by atoms with Gasteiger partial charge in [-0.05, 0) is 42.8 Å². The first-order valence-electron chi connectivity index (χ1n) is 9.93. The molecule has 4 rings (SSSR count). The average Bonchev–Trinajstić information content (AvgIpc) is 3.32. The van der Waals surface area contributed by atoms with E-state index in [1.165, 1.54) is 12.1 Å². The molecule has 7 nitrogen and oxygen atoms in total. The zero-order chi connectivity index (χ0) is 19.9. The van der Waals surface area contributed by atoms with Crippen LogP contribution in [0.3, 0.4) is 0 Å². The Kier molecular flexibility index (Phi) is 6.26. The molecule has 2 heterocycles. The summed E-state index contributed by atoms with van der Waals surface area (Å²) >= 11 is 0. The summed E-state index contributed by atoms with van der Waals surface area (Å²) in [4.78, 5) is 4.89. The molecule has 3 aromatic rings. The second-order valence-electron chi connectivity index (χ2n) is 6.97. The molecule has 2 aromatic carbocycles. The highest BCUT2D eigenvalue weighted by molar-refractivity contribution is 5.58. The van der Waals surface area contributed by atoms with Crippen molar-refractivity contribution in [3.8, 4) is 23.0 Å². The third-order valence-corrected chi connectivity index (χ3v) is 5.15. The highest BCUT2D eigenvalue weighted by Crippen LogP contribution is 2.28. The lowest BCUT2D eigenvalue weighted by molar-refractivity contribution is 0.224. The van der Waals surface area contributed by atoms with Gasteiger partial charge in [-0.3, -0.25) is 4.90 Å². The molecule has 1 aliphatic rings. The summed E-state index contributed by atoms with van der Waals surface area (Å²) < 4.78 is 16.6. The number of piperazine rings is 1. The van der Waals surface area contributed by atoms with E-state index in [0.29, 0.717) is 12.5 Å². The Morgan fingerprint density at radius 2 is 1.79 bits per heavy atom. The van der Waals surface area contributed by atoms with E-state index in [-0.39, 0.29) is 0 Å². The molecule has 1 aliphatic heterocycles. The summed E-state index contributed by atoms with van der Waals surface area (Å²) in [6.07, 6.45) is 2.33. The fraction of sp³-hybridized carbons (Fsp3) is 0.364. The first kappa shape index (κ1) is 19.3. The van der Waals surface area contributed by atoms with Gasteiger partial charge in [0.05, 0.1) is 19.4 Å². The van der Waals surface area contributed by atoms with E-state index in [1.807, 2.05) is 36.4 Å². The summed E-state index contributed by atoms with van der Waals surface area (Å²) in [5, 5.41) is 7.60. The van der Waals surface area contributed by atoms with Crippen LogP contribution >= 0.6 is 0 Å². The lowest BCUT2D eigenvalue weighted by atomic mass is 10.2. The van der Waals surface area contributed by atoms with Crippen molar-refractivity contribution < 1.29 is 13.9 Å². The van der Waals surface area contributed by atoms with Crippen LogP contribution in [0.4, 0.5) is 5.69 Å². The van der Waals surface area contributed by atoms with E-state index in [2.05, 4.69) is 32.1 Å². The van der Waals surface area contributed by atoms with E-state index < -0.39 is 0 Å². The van der Waals surface area contributed by atoms with Gasteiger partial charge in [0, 0.05) is 38.3 Å². The molecule has 0 amide bonds. The lowest BCUT2D eigenvalue weighted by Crippen LogP contribution is -2.46. The van der Waals surface area contributed by atoms with Crippen LogP contribution in [0.15, 0.2) is 59.3 Å². The number of para-hydroxylation sites is 2. The monoisotopic (exact) mass is 394 g/mol. The fourth-order valence-corrected chi connectivity index (χ4v) is 3.57. The van der Waals surface area contributed by atoms with Gasteiger partial charge >= 0.3 is 0 Å². The van der Waals surface area contributed by atoms with Gasteiger partial charge < -0.3 is 18.8 Å². The maximum Gasteiger partial charge on any atom is 0.247 e. The summed E-state index contributed by atoms with van der Waals surface area (Å²) in [5.41, 5.74) is 2.07. The number of nitrogens with zero attached hydrogens (tertiary/aromatic N) is 4. The summed E-state index contributed by atoms with van der Waals surface area (Å²) in [7, 11) is 1.73. The molecule has 0 aliphatic carbocycles. The van der Waals surface area contributed by atoms with E-state index in [4.69, 9.17) is 13.9 Å². The van der Waals surface area contributed by atoms with Crippen molar-refractivity contribution >= 4 is 5.69 Å². The summed E-state index contributed by atoms with van der Waals surface area (Å²) in [6, 6.07) is 16.0. The highest BCUT2D eigenvalue weighted by Gasteiger charge is 2.19. The standard InChI is InChI=1S/C22H26N4O3/c1-27-21-6-3-2-5-20(21)26-14-12-25(13-15-26)11-4-16-28-19-9-7-18(8-10-19)22-24-23-17-29-22/h2-3,5-10,17H,4,11-16H2,1H3. The predicted molar refractivity (Wildman–Crippen MR) is 111 cm³/mol. The van der Waals surface area contributed by atoms with E-state index in [1.54, 1.807) is 7.11 Å². The van der Waals surface area contributed by atoms with Gasteiger partial charge in [0.25, 0.3) is 0 Å². The highest BCUT2D eigenvalue weighted by atomic mass is 16.5. The molecular weight excluding hydrogens is 368 g/mol. The predicted octanol–water partition coefficient (Wildman–Crippen LogP) is 3.34. The maximum absolute atomic E-state index is 5.87. The Morgan fingerprint density at radius 1 is 1.00 bits per heavy atom. The van der Waals surface area contributed by atoms with Gasteiger partial charge in [-0.25, -0.2) is 0 Å². The Balaban J connectivity index is 1.17. The third-order valence-electron chi connectivity index (χ3n) is 5.15. The molecule has 0 saturated carbocycles. The van der Waals surface area contributed by atoms with Crippen molar-refractivity contribution in [1.82, 2.24) is 15.1 Å². The Labute approximate surface area is 170 Å². The number of methoxy groups -OCH3 is 1. The first-order valence-corrected chi connectivity index (χ1v) is 9.93. The number of benzene rings is 2. The molecule has 7 heteroatoms. The van der Waals surface area contributed by atoms with Crippen LogP contribution < -0.4 is 14.4 Å². The molecule has 1 aromatic heterocycles. The molecule has 29 heavy (non-hydrogen) atoms. The second-order valence-corrected chi connectivity index (χ2v) is 6.97. The van der Waals surface area contributed by atoms with Crippen molar-refractivity contribution in [3.63, 3.8) is 0 Å². The van der Waals surface area contributed by atoms with Crippen LogP contribution in [0, 0.1) is 0 Å². The molecule has 0 atom stereocenters. The fourth-order valence-electron chi connectivity index (χ4n) is 3.57. The van der Waals surface area contributed by atoms with Crippen LogP contribution in [0.25, 0.3) is 11.5 Å². The molecule has 1 fully saturated rings. The Bertz CT molecular complexity index is 875. The van der Waals surface area contributed by atoms with E-state index in [9.17, 15) is 0 Å². The molecule has 0 bridgehead atoms. The topological polar surface area (TPSA) is 63.9 Å². The summed E-state index contributed by atoms with van der Waals surface area (Å²) in [5.74, 6) is 2.32. The zero-order valence-corrected chi connectivity index (χ0v) is 16.7. The molecule has 152 valence electrons. The van der Waals surface area contributed by atoms with Crippen molar-refractivity contribution in [1.29, 1.82) is 0 Å². The molecular formula is C22H26N4O3. The van der Waals surface area contributed by atoms with Crippen LogP contribution in [-0.4, -0.2) is 61.5 Å². The van der Waals surface area contributed by atoms with Gasteiger partial charge in [0.15, 0.2) is 0 Å². The lowest BCUT2D eigenvalue weighted by Gasteiger charge is -2.36. The molecule has 0 unspecified atom stereocenters. The van der Waals surface area contributed by atoms with Crippen LogP contribution in [0.1, 0.15) is 6.42 Å². The van der Waals surface area contributed by atoms with Gasteiger partial charge in [0.1, 0.15) is 11.5 Å². The van der Waals surface area contributed by atoms with Gasteiger partial charge in [0.2, 0.25) is 12.3 Å². The summed E-state index contributed by atoms with van der Waals surface area (Å²) in [6.45, 7) is 5.87. The minimum atomic E-state index is 0.517. The molecule has 0 spiro atoms. The van der Waals surface area contributed by atoms with E-state index in [0.717, 1.165) is 56.2 Å². The normalized spacial score (nSPS) is 14.7. The number of rotatable bonds is 8. The molecule has 0 N–H and O–H groups in total. The zero-order valence-electron chi connectivity index (χ0n) is 16.7. The number of anilines is 1. The average molecular weight is 394 g/mol. The largest absolute Gasteiger partial charge is 0.495 e. The van der Waals surface area contributed by atoms with Crippen molar-refractivity contribution in [3.05, 3.63) is 54.9 Å². The molecule has 0 radical (unpaired) electrons. The SMILES string of the molecule is COc1ccccc1N1CCN(CCCOc2ccc(-c3nnco3)cc2)CC1. The minimum absolute atomic E-state index is 0.517. The Morgan fingerprint density at radius 3 is 2.52 bits per heavy atom. The van der Waals surface area contributed by atoms with Crippen LogP contribution in [0.2, 0.25) is 0 Å². The van der Waals surface area contributed by atoms with E-state index >= 15 is 0 Å². The number of ether oxygens (including phenoxy) is 2. The van der Waals surface area contributed by atoms with Crippen molar-refractivity contribution in [2.24, 2.45) is 0 Å². The van der Waals surface area contributed by atoms with Crippen molar-refractivity contribution in [2.45, 2.75) is 6.42 Å². The smallest absolute Gasteiger partial charge is 0.247 e. The van der Waals surface area contributed by atoms with Crippen LogP contribution in [0.5, 0.6) is 11.5 Å². The number of hydrogen-bond donors (Lipinski definition) is 0. The van der Waals surface area contributed by atoms with Gasteiger partial charge in [-0.15, -0.1) is 10.2 Å². The first-order chi connectivity index (χ1) is 14.3. The van der Waals surface area contributed by atoms with Crippen molar-refractivity contribution in [2.75, 3.05) is 51.3 Å². The third kappa shape index (κ3) is 4.86. The number of hydrogen-bond acceptors (Lipinski definition) is 7. The molecule has 1 saturated heterocycles. The van der Waals surface area contributed by atoms with Gasteiger partial charge in [-0.2, -0.15) is 0 Å². The second kappa shape index (κ2) is 9.43. The van der Waals surface area contributed by atoms with Gasteiger partial charge in [-0.1, -0.05) is 12.1 Å².